The van der Waals surface area contributed by atoms with Crippen LogP contribution < -0.4 is 5.73 Å². The lowest BCUT2D eigenvalue weighted by atomic mass is 9.69. The number of aryl methyl sites for hydroxylation is 5. The van der Waals surface area contributed by atoms with Crippen molar-refractivity contribution >= 4 is 5.57 Å². The molecule has 0 bridgehead atoms. The molecule has 10 aromatic carbocycles. The first-order valence-corrected chi connectivity index (χ1v) is 36.0. The number of hydrogen-bond donors (Lipinski definition) is 1. The van der Waals surface area contributed by atoms with E-state index in [9.17, 15) is 0 Å². The van der Waals surface area contributed by atoms with Crippen molar-refractivity contribution in [1.29, 1.82) is 0 Å². The van der Waals surface area contributed by atoms with Crippen molar-refractivity contribution in [3.8, 4) is 44.5 Å². The fourth-order valence-electron chi connectivity index (χ4n) is 14.1. The molecule has 0 aromatic heterocycles. The SMILES string of the molecule is C=C.C=C(C)C1=C(/C=C\Cc2ccccc2CCC)C2(c3ccccc31)c1ccccc1-c1ccccc12.CCC(C)Cc1cccc(C)c1.CCCC.CCCCc1ccccc1-c1ccccc1C.Cc1cc(CN)ccc1-c1c(-c2ccccc2)cccc1C1CCC1. The molecular formula is C95H109N. The van der Waals surface area contributed by atoms with Crippen molar-refractivity contribution in [3.05, 3.63) is 352 Å². The van der Waals surface area contributed by atoms with Gasteiger partial charge in [0.2, 0.25) is 0 Å². The van der Waals surface area contributed by atoms with Crippen molar-refractivity contribution in [2.45, 2.75) is 171 Å². The summed E-state index contributed by atoms with van der Waals surface area (Å²) in [5.74, 6) is 1.51. The zero-order chi connectivity index (χ0) is 68.4. The van der Waals surface area contributed by atoms with E-state index < -0.39 is 0 Å². The molecule has 494 valence electrons. The highest BCUT2D eigenvalue weighted by Crippen LogP contribution is 2.63. The van der Waals surface area contributed by atoms with Crippen LogP contribution in [-0.4, -0.2) is 0 Å². The summed E-state index contributed by atoms with van der Waals surface area (Å²) in [6, 6.07) is 86.3. The molecule has 3 aliphatic carbocycles. The molecule has 0 radical (unpaired) electrons. The van der Waals surface area contributed by atoms with Gasteiger partial charge in [0.15, 0.2) is 0 Å². The molecule has 1 fully saturated rings. The number of allylic oxidation sites excluding steroid dienone is 5. The quantitative estimate of drug-likeness (QED) is 0.0852. The minimum atomic E-state index is -0.322. The largest absolute Gasteiger partial charge is 0.326 e. The van der Waals surface area contributed by atoms with Gasteiger partial charge in [-0.1, -0.05) is 347 Å². The molecule has 10 aromatic rings. The van der Waals surface area contributed by atoms with Gasteiger partial charge in [-0.3, -0.25) is 0 Å². The molecule has 1 spiro atoms. The second kappa shape index (κ2) is 36.9. The van der Waals surface area contributed by atoms with Crippen molar-refractivity contribution in [2.75, 3.05) is 0 Å². The van der Waals surface area contributed by atoms with E-state index in [-0.39, 0.29) is 5.41 Å². The Morgan fingerprint density at radius 2 is 1.05 bits per heavy atom. The van der Waals surface area contributed by atoms with Crippen molar-refractivity contribution in [2.24, 2.45) is 11.7 Å². The Balaban J connectivity index is 0.000000171. The topological polar surface area (TPSA) is 26.0 Å². The van der Waals surface area contributed by atoms with Crippen LogP contribution in [0.5, 0.6) is 0 Å². The third kappa shape index (κ3) is 17.4. The molecular weight excluding hydrogens is 1160 g/mol. The Morgan fingerprint density at radius 3 is 1.61 bits per heavy atom. The standard InChI is InChI=1S/C36H32.C24H25N.C17H20.C12H18.C4H10.C2H4/c1-4-14-26-15-5-6-16-27(26)17-13-24-34-35(25(2)3)30-20-9-12-23-33(30)36(34)31-21-10-7-18-28(31)29-19-8-11-22-32(29)36;1-17-15-18(16-25)13-14-21(17)24-22(19-7-3-2-4-8-19)11-6-12-23(24)20-9-5-10-20;1-3-4-10-15-11-6-8-13-17(15)16-12-7-5-9-14(16)2;1-4-10(2)8-12-7-5-6-11(3)9-12;1-3-4-2;1-2/h5-13,15-16,18-24H,2,4,14,17H2,1,3H3;2-4,6-8,11-15,20H,5,9-10,16,25H2,1H3;5-9,11-13H,3-4,10H2,1-2H3;5-7,9-10H,4,8H2,1-3H3;3-4H2,1-2H3;1-2H2/b24-13-;;;;;. The normalized spacial score (nSPS) is 13.1. The number of hydrogen-bond acceptors (Lipinski definition) is 1. The minimum Gasteiger partial charge on any atom is -0.326 e. The fraction of sp³-hybridized carbons (Fsp3) is 0.284. The summed E-state index contributed by atoms with van der Waals surface area (Å²) in [5, 5.41) is 0. The van der Waals surface area contributed by atoms with Gasteiger partial charge in [-0.2, -0.15) is 0 Å². The zero-order valence-electron chi connectivity index (χ0n) is 59.9. The van der Waals surface area contributed by atoms with Gasteiger partial charge >= 0.3 is 0 Å². The monoisotopic (exact) mass is 1260 g/mol. The molecule has 0 aliphatic heterocycles. The van der Waals surface area contributed by atoms with Crippen LogP contribution >= 0.6 is 0 Å². The van der Waals surface area contributed by atoms with Crippen LogP contribution in [-0.2, 0) is 37.6 Å². The van der Waals surface area contributed by atoms with Crippen LogP contribution in [0.3, 0.4) is 0 Å². The third-order valence-electron chi connectivity index (χ3n) is 19.6. The van der Waals surface area contributed by atoms with Crippen molar-refractivity contribution in [3.63, 3.8) is 0 Å². The van der Waals surface area contributed by atoms with Crippen LogP contribution in [0, 0.1) is 26.7 Å². The van der Waals surface area contributed by atoms with Crippen molar-refractivity contribution in [1.82, 2.24) is 0 Å². The van der Waals surface area contributed by atoms with Crippen LogP contribution in [0.1, 0.15) is 184 Å². The smallest absolute Gasteiger partial charge is 0.0725 e. The average Bonchev–Trinajstić information content (AvgIpc) is 1.51. The molecule has 0 heterocycles. The Bertz CT molecular complexity index is 4110. The Kier molecular flexibility index (Phi) is 28.0. The van der Waals surface area contributed by atoms with E-state index in [0.29, 0.717) is 12.5 Å². The maximum Gasteiger partial charge on any atom is 0.0725 e. The van der Waals surface area contributed by atoms with Crippen LogP contribution in [0.15, 0.2) is 280 Å². The Morgan fingerprint density at radius 1 is 0.500 bits per heavy atom. The maximum absolute atomic E-state index is 5.84. The number of benzene rings is 10. The van der Waals surface area contributed by atoms with Gasteiger partial charge in [-0.15, -0.1) is 13.2 Å². The highest BCUT2D eigenvalue weighted by molar-refractivity contribution is 5.99. The molecule has 13 rings (SSSR count). The second-order valence-corrected chi connectivity index (χ2v) is 26.5. The first-order chi connectivity index (χ1) is 46.9. The minimum absolute atomic E-state index is 0.322. The second-order valence-electron chi connectivity index (χ2n) is 26.5. The number of unbranched alkanes of at least 4 members (excludes halogenated alkanes) is 2. The maximum atomic E-state index is 5.84. The number of nitrogens with two attached hydrogens (primary N) is 1. The lowest BCUT2D eigenvalue weighted by Gasteiger charge is -2.31. The van der Waals surface area contributed by atoms with Gasteiger partial charge < -0.3 is 5.73 Å². The van der Waals surface area contributed by atoms with Gasteiger partial charge in [0.05, 0.1) is 5.41 Å². The van der Waals surface area contributed by atoms with Crippen molar-refractivity contribution < 1.29 is 0 Å². The number of fused-ring (bicyclic) bond motifs is 7. The summed E-state index contributed by atoms with van der Waals surface area (Å²) in [4.78, 5) is 0. The summed E-state index contributed by atoms with van der Waals surface area (Å²) in [6.45, 7) is 33.2. The fourth-order valence-corrected chi connectivity index (χ4v) is 14.1. The Labute approximate surface area is 580 Å². The molecule has 96 heavy (non-hydrogen) atoms. The van der Waals surface area contributed by atoms with Gasteiger partial charge in [0.1, 0.15) is 0 Å². The summed E-state index contributed by atoms with van der Waals surface area (Å²) >= 11 is 0. The highest BCUT2D eigenvalue weighted by Gasteiger charge is 2.52. The van der Waals surface area contributed by atoms with E-state index in [1.54, 1.807) is 0 Å². The van der Waals surface area contributed by atoms with Gasteiger partial charge in [-0.25, -0.2) is 0 Å². The van der Waals surface area contributed by atoms with E-state index in [0.717, 1.165) is 30.8 Å². The van der Waals surface area contributed by atoms with E-state index in [2.05, 4.69) is 338 Å². The molecule has 0 amide bonds. The molecule has 1 saturated carbocycles. The Hall–Kier alpha value is -8.88. The van der Waals surface area contributed by atoms with Gasteiger partial charge in [0, 0.05) is 6.54 Å². The van der Waals surface area contributed by atoms with Crippen LogP contribution in [0.4, 0.5) is 0 Å². The summed E-state index contributed by atoms with van der Waals surface area (Å²) in [7, 11) is 0. The lowest BCUT2D eigenvalue weighted by Crippen LogP contribution is -2.26. The molecule has 1 heteroatoms. The molecule has 1 atom stereocenters. The zero-order valence-corrected chi connectivity index (χ0v) is 59.9. The molecule has 1 unspecified atom stereocenters. The summed E-state index contributed by atoms with van der Waals surface area (Å²) in [5.41, 5.74) is 38.1. The first-order valence-electron chi connectivity index (χ1n) is 36.0. The average molecular weight is 1260 g/mol. The summed E-state index contributed by atoms with van der Waals surface area (Å²) < 4.78 is 0. The number of rotatable bonds is 18. The highest BCUT2D eigenvalue weighted by atomic mass is 14.5. The van der Waals surface area contributed by atoms with Gasteiger partial charge in [0.25, 0.3) is 0 Å². The first kappa shape index (κ1) is 72.9. The molecule has 1 nitrogen and oxygen atoms in total. The lowest BCUT2D eigenvalue weighted by molar-refractivity contribution is 0.420. The van der Waals surface area contributed by atoms with E-state index in [1.807, 2.05) is 0 Å². The molecule has 3 aliphatic rings. The van der Waals surface area contributed by atoms with Crippen LogP contribution in [0.2, 0.25) is 0 Å². The van der Waals surface area contributed by atoms with E-state index in [1.165, 1.54) is 192 Å². The third-order valence-corrected chi connectivity index (χ3v) is 19.6. The van der Waals surface area contributed by atoms with E-state index >= 15 is 0 Å². The predicted molar refractivity (Wildman–Crippen MR) is 421 cm³/mol. The van der Waals surface area contributed by atoms with E-state index in [4.69, 9.17) is 5.73 Å². The molecule has 2 N–H and O–H groups in total. The predicted octanol–water partition coefficient (Wildman–Crippen LogP) is 26.3. The summed E-state index contributed by atoms with van der Waals surface area (Å²) in [6.07, 6.45) is 20.8. The van der Waals surface area contributed by atoms with Gasteiger partial charge in [-0.05, 0) is 207 Å². The van der Waals surface area contributed by atoms with Crippen LogP contribution in [0.25, 0.3) is 50.1 Å². The molecule has 0 saturated heterocycles.